The second kappa shape index (κ2) is 8.87. The molecule has 6 heteroatoms. The van der Waals surface area contributed by atoms with Gasteiger partial charge in [0.1, 0.15) is 0 Å². The summed E-state index contributed by atoms with van der Waals surface area (Å²) in [5, 5.41) is 19.5. The van der Waals surface area contributed by atoms with Crippen molar-refractivity contribution in [2.45, 2.75) is 26.7 Å². The molecule has 0 saturated carbocycles. The molecule has 1 amide bonds. The topological polar surface area (TPSA) is 75.1 Å². The molecule has 1 aromatic rings. The summed E-state index contributed by atoms with van der Waals surface area (Å²) in [6.07, 6.45) is 1.49. The summed E-state index contributed by atoms with van der Waals surface area (Å²) < 4.78 is 0. The van der Waals surface area contributed by atoms with Gasteiger partial charge in [-0.05, 0) is 31.6 Å². The number of hydrogen-bond acceptors (Lipinski definition) is 5. The molecular formula is C13H21N3O2S. The van der Waals surface area contributed by atoms with Gasteiger partial charge in [-0.1, -0.05) is 6.92 Å². The van der Waals surface area contributed by atoms with Crippen LogP contribution in [0.2, 0.25) is 0 Å². The van der Waals surface area contributed by atoms with Crippen LogP contribution in [0.25, 0.3) is 0 Å². The van der Waals surface area contributed by atoms with Crippen LogP contribution in [0.15, 0.2) is 6.07 Å². The Morgan fingerprint density at radius 3 is 2.89 bits per heavy atom. The third-order valence-electron chi connectivity index (χ3n) is 2.55. The average Bonchev–Trinajstić information content (AvgIpc) is 2.42. The highest BCUT2D eigenvalue weighted by Crippen LogP contribution is 2.07. The molecule has 2 N–H and O–H groups in total. The summed E-state index contributed by atoms with van der Waals surface area (Å²) >= 11 is 1.73. The molecule has 0 atom stereocenters. The molecule has 0 aliphatic carbocycles. The van der Waals surface area contributed by atoms with Crippen LogP contribution in [0.4, 0.5) is 0 Å². The molecule has 1 rings (SSSR count). The van der Waals surface area contributed by atoms with Crippen LogP contribution in [0.3, 0.4) is 0 Å². The molecule has 1 aromatic heterocycles. The molecular weight excluding hydrogens is 262 g/mol. The van der Waals surface area contributed by atoms with Gasteiger partial charge in [-0.25, -0.2) is 0 Å². The molecule has 0 unspecified atom stereocenters. The molecule has 0 aromatic carbocycles. The fourth-order valence-corrected chi connectivity index (χ4v) is 2.36. The minimum atomic E-state index is -0.0855. The van der Waals surface area contributed by atoms with Gasteiger partial charge in [0.25, 0.3) is 5.91 Å². The van der Waals surface area contributed by atoms with Gasteiger partial charge in [0.15, 0.2) is 0 Å². The van der Waals surface area contributed by atoms with Gasteiger partial charge in [0.05, 0.1) is 17.0 Å². The summed E-state index contributed by atoms with van der Waals surface area (Å²) in [5.74, 6) is 1.69. The summed E-state index contributed by atoms with van der Waals surface area (Å²) in [6, 6.07) is 1.78. The van der Waals surface area contributed by atoms with Crippen LogP contribution in [0.1, 0.15) is 35.1 Å². The summed E-state index contributed by atoms with van der Waals surface area (Å²) in [5.41, 5.74) is 2.10. The number of aliphatic hydroxyl groups excluding tert-OH is 1. The average molecular weight is 283 g/mol. The van der Waals surface area contributed by atoms with E-state index in [-0.39, 0.29) is 12.5 Å². The predicted octanol–water partition coefficient (Wildman–Crippen LogP) is 1.19. The van der Waals surface area contributed by atoms with Crippen LogP contribution in [-0.2, 0) is 6.42 Å². The third kappa shape index (κ3) is 5.57. The number of aromatic nitrogens is 2. The zero-order valence-corrected chi connectivity index (χ0v) is 12.3. The van der Waals surface area contributed by atoms with Gasteiger partial charge in [-0.15, -0.1) is 0 Å². The maximum Gasteiger partial charge on any atom is 0.253 e. The van der Waals surface area contributed by atoms with Crippen LogP contribution in [-0.4, -0.2) is 45.9 Å². The van der Waals surface area contributed by atoms with Crippen molar-refractivity contribution in [1.29, 1.82) is 0 Å². The number of rotatable bonds is 8. The molecule has 19 heavy (non-hydrogen) atoms. The van der Waals surface area contributed by atoms with Crippen molar-refractivity contribution in [3.05, 3.63) is 23.0 Å². The fraction of sp³-hybridized carbons (Fsp3) is 0.615. The predicted molar refractivity (Wildman–Crippen MR) is 77.5 cm³/mol. The lowest BCUT2D eigenvalue weighted by atomic mass is 10.1. The molecule has 0 spiro atoms. The van der Waals surface area contributed by atoms with E-state index in [0.717, 1.165) is 29.3 Å². The Labute approximate surface area is 118 Å². The quantitative estimate of drug-likeness (QED) is 0.701. The van der Waals surface area contributed by atoms with Crippen molar-refractivity contribution in [3.63, 3.8) is 0 Å². The molecule has 0 bridgehead atoms. The van der Waals surface area contributed by atoms with E-state index in [9.17, 15) is 4.79 Å². The van der Waals surface area contributed by atoms with Crippen molar-refractivity contribution in [2.24, 2.45) is 0 Å². The number of amides is 1. The van der Waals surface area contributed by atoms with E-state index in [2.05, 4.69) is 15.5 Å². The Bertz CT molecular complexity index is 413. The number of hydrogen-bond donors (Lipinski definition) is 2. The normalized spacial score (nSPS) is 10.5. The molecule has 106 valence electrons. The van der Waals surface area contributed by atoms with E-state index >= 15 is 0 Å². The Morgan fingerprint density at radius 2 is 2.21 bits per heavy atom. The summed E-state index contributed by atoms with van der Waals surface area (Å²) in [4.78, 5) is 12.0. The fourth-order valence-electron chi connectivity index (χ4n) is 1.57. The van der Waals surface area contributed by atoms with Gasteiger partial charge in [-0.2, -0.15) is 22.0 Å². The zero-order valence-electron chi connectivity index (χ0n) is 11.5. The van der Waals surface area contributed by atoms with E-state index in [0.29, 0.717) is 18.5 Å². The SMILES string of the molecule is CCc1nnc(C)cc1C(=O)NCCSCCCO. The first kappa shape index (κ1) is 15.9. The monoisotopic (exact) mass is 283 g/mol. The maximum absolute atomic E-state index is 12.0. The van der Waals surface area contributed by atoms with Crippen molar-refractivity contribution >= 4 is 17.7 Å². The highest BCUT2D eigenvalue weighted by Gasteiger charge is 2.12. The Morgan fingerprint density at radius 1 is 1.42 bits per heavy atom. The largest absolute Gasteiger partial charge is 0.396 e. The number of aryl methyl sites for hydroxylation is 2. The van der Waals surface area contributed by atoms with Crippen LogP contribution < -0.4 is 5.32 Å². The minimum Gasteiger partial charge on any atom is -0.396 e. The number of nitrogens with one attached hydrogen (secondary N) is 1. The Kier molecular flexibility index (Phi) is 7.43. The van der Waals surface area contributed by atoms with Crippen molar-refractivity contribution < 1.29 is 9.90 Å². The lowest BCUT2D eigenvalue weighted by molar-refractivity contribution is 0.0954. The number of carbonyl (C=O) groups excluding carboxylic acids is 1. The Hall–Kier alpha value is -1.14. The van der Waals surface area contributed by atoms with E-state index in [1.807, 2.05) is 13.8 Å². The molecule has 0 radical (unpaired) electrons. The van der Waals surface area contributed by atoms with Crippen molar-refractivity contribution in [2.75, 3.05) is 24.7 Å². The summed E-state index contributed by atoms with van der Waals surface area (Å²) in [7, 11) is 0. The second-order valence-corrected chi connectivity index (χ2v) is 5.37. The minimum absolute atomic E-state index is 0.0855. The smallest absolute Gasteiger partial charge is 0.253 e. The standard InChI is InChI=1S/C13H21N3O2S/c1-3-12-11(9-10(2)15-16-12)13(18)14-5-8-19-7-4-6-17/h9,17H,3-8H2,1-2H3,(H,14,18). The molecule has 0 saturated heterocycles. The number of thioether (sulfide) groups is 1. The lowest BCUT2D eigenvalue weighted by Gasteiger charge is -2.08. The highest BCUT2D eigenvalue weighted by atomic mass is 32.2. The molecule has 0 aliphatic rings. The van der Waals surface area contributed by atoms with Gasteiger partial charge in [-0.3, -0.25) is 4.79 Å². The van der Waals surface area contributed by atoms with E-state index in [4.69, 9.17) is 5.11 Å². The summed E-state index contributed by atoms with van der Waals surface area (Å²) in [6.45, 7) is 4.63. The highest BCUT2D eigenvalue weighted by molar-refractivity contribution is 7.99. The molecule has 0 fully saturated rings. The van der Waals surface area contributed by atoms with E-state index in [1.54, 1.807) is 17.8 Å². The second-order valence-electron chi connectivity index (χ2n) is 4.15. The number of nitrogens with zero attached hydrogens (tertiary/aromatic N) is 2. The first-order chi connectivity index (χ1) is 9.19. The van der Waals surface area contributed by atoms with Gasteiger partial charge in [0.2, 0.25) is 0 Å². The first-order valence-corrected chi connectivity index (χ1v) is 7.64. The number of carbonyl (C=O) groups is 1. The van der Waals surface area contributed by atoms with Gasteiger partial charge >= 0.3 is 0 Å². The van der Waals surface area contributed by atoms with Gasteiger partial charge < -0.3 is 10.4 Å². The maximum atomic E-state index is 12.0. The van der Waals surface area contributed by atoms with Gasteiger partial charge in [0, 0.05) is 18.9 Å². The lowest BCUT2D eigenvalue weighted by Crippen LogP contribution is -2.27. The molecule has 0 aliphatic heterocycles. The van der Waals surface area contributed by atoms with Crippen LogP contribution in [0, 0.1) is 6.92 Å². The third-order valence-corrected chi connectivity index (χ3v) is 3.62. The molecule has 5 nitrogen and oxygen atoms in total. The Balaban J connectivity index is 2.43. The van der Waals surface area contributed by atoms with E-state index < -0.39 is 0 Å². The van der Waals surface area contributed by atoms with E-state index in [1.165, 1.54) is 0 Å². The van der Waals surface area contributed by atoms with Crippen LogP contribution in [0.5, 0.6) is 0 Å². The molecule has 1 heterocycles. The zero-order chi connectivity index (χ0) is 14.1. The van der Waals surface area contributed by atoms with Crippen LogP contribution >= 0.6 is 11.8 Å². The van der Waals surface area contributed by atoms with Crippen molar-refractivity contribution in [1.82, 2.24) is 15.5 Å². The van der Waals surface area contributed by atoms with Crippen molar-refractivity contribution in [3.8, 4) is 0 Å². The number of aliphatic hydroxyl groups is 1. The first-order valence-electron chi connectivity index (χ1n) is 6.49.